The smallest absolute Gasteiger partial charge is 0.255 e. The first-order chi connectivity index (χ1) is 12.7. The van der Waals surface area contributed by atoms with E-state index >= 15 is 0 Å². The molecule has 1 aromatic carbocycles. The number of rotatable bonds is 3. The molecule has 6 heteroatoms. The molecule has 0 unspecified atom stereocenters. The van der Waals surface area contributed by atoms with Gasteiger partial charge in [0, 0.05) is 37.4 Å². The van der Waals surface area contributed by atoms with Crippen LogP contribution in [0, 0.1) is 0 Å². The number of morpholine rings is 1. The SMILES string of the molecule is O=C(c1ccc(N2CCO[C@@H](c3ccc(Cl)cc3)C2)nc1)N1CCCC1. The highest BCUT2D eigenvalue weighted by molar-refractivity contribution is 6.30. The summed E-state index contributed by atoms with van der Waals surface area (Å²) in [6, 6.07) is 11.6. The number of benzene rings is 1. The van der Waals surface area contributed by atoms with Crippen molar-refractivity contribution < 1.29 is 9.53 Å². The van der Waals surface area contributed by atoms with Gasteiger partial charge in [0.15, 0.2) is 0 Å². The molecule has 5 nitrogen and oxygen atoms in total. The lowest BCUT2D eigenvalue weighted by molar-refractivity contribution is 0.0395. The van der Waals surface area contributed by atoms with E-state index in [9.17, 15) is 4.79 Å². The van der Waals surface area contributed by atoms with E-state index in [0.29, 0.717) is 12.2 Å². The fraction of sp³-hybridized carbons (Fsp3) is 0.400. The van der Waals surface area contributed by atoms with Gasteiger partial charge in [-0.05, 0) is 42.7 Å². The molecule has 0 aliphatic carbocycles. The molecule has 2 saturated heterocycles. The van der Waals surface area contributed by atoms with Crippen molar-refractivity contribution in [2.24, 2.45) is 0 Å². The number of hydrogen-bond acceptors (Lipinski definition) is 4. The second kappa shape index (κ2) is 7.64. The third kappa shape index (κ3) is 3.69. The molecular formula is C20H22ClN3O2. The number of anilines is 1. The molecule has 0 saturated carbocycles. The normalized spacial score (nSPS) is 20.4. The van der Waals surface area contributed by atoms with Crippen molar-refractivity contribution >= 4 is 23.3 Å². The number of amides is 1. The largest absolute Gasteiger partial charge is 0.370 e. The van der Waals surface area contributed by atoms with E-state index in [0.717, 1.165) is 55.4 Å². The molecule has 1 aromatic heterocycles. The number of hydrogen-bond donors (Lipinski definition) is 0. The molecule has 3 heterocycles. The number of carbonyl (C=O) groups is 1. The molecule has 2 aliphatic rings. The average Bonchev–Trinajstić information content (AvgIpc) is 3.23. The Kier molecular flexibility index (Phi) is 5.09. The number of likely N-dealkylation sites (tertiary alicyclic amines) is 1. The fourth-order valence-corrected chi connectivity index (χ4v) is 3.66. The number of carbonyl (C=O) groups excluding carboxylic acids is 1. The summed E-state index contributed by atoms with van der Waals surface area (Å²) in [5.74, 6) is 0.966. The van der Waals surface area contributed by atoms with Crippen molar-refractivity contribution in [3.63, 3.8) is 0 Å². The second-order valence-electron chi connectivity index (χ2n) is 6.76. The minimum Gasteiger partial charge on any atom is -0.370 e. The number of halogens is 1. The number of ether oxygens (including phenoxy) is 1. The van der Waals surface area contributed by atoms with Crippen LogP contribution in [-0.2, 0) is 4.74 Å². The van der Waals surface area contributed by atoms with Gasteiger partial charge in [-0.25, -0.2) is 4.98 Å². The molecule has 0 bridgehead atoms. The lowest BCUT2D eigenvalue weighted by atomic mass is 10.1. The minimum absolute atomic E-state index is 0.00581. The Morgan fingerprint density at radius 2 is 1.85 bits per heavy atom. The Hall–Kier alpha value is -2.11. The number of nitrogens with zero attached hydrogens (tertiary/aromatic N) is 3. The predicted molar refractivity (Wildman–Crippen MR) is 102 cm³/mol. The maximum atomic E-state index is 12.4. The molecule has 1 atom stereocenters. The van der Waals surface area contributed by atoms with Crippen molar-refractivity contribution in [2.45, 2.75) is 18.9 Å². The van der Waals surface area contributed by atoms with E-state index in [2.05, 4.69) is 9.88 Å². The molecule has 26 heavy (non-hydrogen) atoms. The maximum Gasteiger partial charge on any atom is 0.255 e. The predicted octanol–water partition coefficient (Wildman–Crippen LogP) is 3.55. The number of pyridine rings is 1. The molecule has 0 spiro atoms. The summed E-state index contributed by atoms with van der Waals surface area (Å²) in [6.45, 7) is 3.87. The highest BCUT2D eigenvalue weighted by Crippen LogP contribution is 2.26. The highest BCUT2D eigenvalue weighted by Gasteiger charge is 2.24. The third-order valence-electron chi connectivity index (χ3n) is 5.02. The molecule has 2 aliphatic heterocycles. The van der Waals surface area contributed by atoms with Crippen LogP contribution in [0.2, 0.25) is 5.02 Å². The van der Waals surface area contributed by atoms with Gasteiger partial charge < -0.3 is 14.5 Å². The Morgan fingerprint density at radius 3 is 2.54 bits per heavy atom. The lowest BCUT2D eigenvalue weighted by Gasteiger charge is -2.34. The van der Waals surface area contributed by atoms with Crippen LogP contribution in [0.1, 0.15) is 34.9 Å². The lowest BCUT2D eigenvalue weighted by Crippen LogP contribution is -2.38. The minimum atomic E-state index is -0.00581. The molecule has 136 valence electrons. The van der Waals surface area contributed by atoms with Crippen molar-refractivity contribution in [1.29, 1.82) is 0 Å². The molecule has 0 N–H and O–H groups in total. The Balaban J connectivity index is 1.45. The van der Waals surface area contributed by atoms with Crippen LogP contribution in [-0.4, -0.2) is 48.6 Å². The first-order valence-corrected chi connectivity index (χ1v) is 9.46. The molecule has 4 rings (SSSR count). The summed E-state index contributed by atoms with van der Waals surface area (Å²) in [7, 11) is 0. The van der Waals surface area contributed by atoms with Crippen LogP contribution in [0.25, 0.3) is 0 Å². The maximum absolute atomic E-state index is 12.4. The molecule has 1 amide bonds. The first kappa shape index (κ1) is 17.3. The zero-order valence-corrected chi connectivity index (χ0v) is 15.4. The monoisotopic (exact) mass is 371 g/mol. The van der Waals surface area contributed by atoms with Gasteiger partial charge in [0.05, 0.1) is 12.2 Å². The van der Waals surface area contributed by atoms with E-state index in [1.807, 2.05) is 41.3 Å². The van der Waals surface area contributed by atoms with Crippen LogP contribution in [0.3, 0.4) is 0 Å². The van der Waals surface area contributed by atoms with Gasteiger partial charge in [-0.3, -0.25) is 4.79 Å². The Bertz CT molecular complexity index is 758. The van der Waals surface area contributed by atoms with Gasteiger partial charge in [-0.1, -0.05) is 23.7 Å². The summed E-state index contributed by atoms with van der Waals surface area (Å²) < 4.78 is 5.91. The van der Waals surface area contributed by atoms with E-state index in [1.165, 1.54) is 0 Å². The van der Waals surface area contributed by atoms with Crippen LogP contribution in [0.15, 0.2) is 42.6 Å². The van der Waals surface area contributed by atoms with Gasteiger partial charge in [-0.2, -0.15) is 0 Å². The van der Waals surface area contributed by atoms with Gasteiger partial charge in [0.25, 0.3) is 5.91 Å². The van der Waals surface area contributed by atoms with Crippen molar-refractivity contribution in [3.05, 3.63) is 58.7 Å². The average molecular weight is 372 g/mol. The fourth-order valence-electron chi connectivity index (χ4n) is 3.54. The zero-order chi connectivity index (χ0) is 17.9. The number of aromatic nitrogens is 1. The standard InChI is InChI=1S/C20H22ClN3O2/c21-17-6-3-15(4-7-17)18-14-24(11-12-26-18)19-8-5-16(13-22-19)20(25)23-9-1-2-10-23/h3-8,13,18H,1-2,9-12,14H2/t18-/m1/s1. The molecule has 0 radical (unpaired) electrons. The van der Waals surface area contributed by atoms with E-state index in [4.69, 9.17) is 16.3 Å². The van der Waals surface area contributed by atoms with E-state index < -0.39 is 0 Å². The van der Waals surface area contributed by atoms with Gasteiger partial charge in [0.2, 0.25) is 0 Å². The summed E-state index contributed by atoms with van der Waals surface area (Å²) in [5, 5.41) is 0.723. The zero-order valence-electron chi connectivity index (χ0n) is 14.6. The molecule has 2 fully saturated rings. The van der Waals surface area contributed by atoms with Crippen molar-refractivity contribution in [1.82, 2.24) is 9.88 Å². The molecule has 2 aromatic rings. The summed E-state index contributed by atoms with van der Waals surface area (Å²) in [5.41, 5.74) is 1.78. The summed E-state index contributed by atoms with van der Waals surface area (Å²) in [4.78, 5) is 21.1. The highest BCUT2D eigenvalue weighted by atomic mass is 35.5. The van der Waals surface area contributed by atoms with Gasteiger partial charge in [-0.15, -0.1) is 0 Å². The topological polar surface area (TPSA) is 45.7 Å². The quantitative estimate of drug-likeness (QED) is 0.827. The summed E-state index contributed by atoms with van der Waals surface area (Å²) in [6.07, 6.45) is 3.88. The third-order valence-corrected chi connectivity index (χ3v) is 5.27. The van der Waals surface area contributed by atoms with Crippen LogP contribution < -0.4 is 4.90 Å². The van der Waals surface area contributed by atoms with Crippen molar-refractivity contribution in [2.75, 3.05) is 37.7 Å². The van der Waals surface area contributed by atoms with Crippen LogP contribution in [0.4, 0.5) is 5.82 Å². The second-order valence-corrected chi connectivity index (χ2v) is 7.20. The van der Waals surface area contributed by atoms with Gasteiger partial charge in [0.1, 0.15) is 11.9 Å². The van der Waals surface area contributed by atoms with Crippen LogP contribution >= 0.6 is 11.6 Å². The van der Waals surface area contributed by atoms with Gasteiger partial charge >= 0.3 is 0 Å². The first-order valence-electron chi connectivity index (χ1n) is 9.08. The van der Waals surface area contributed by atoms with E-state index in [1.54, 1.807) is 6.20 Å². The van der Waals surface area contributed by atoms with E-state index in [-0.39, 0.29) is 12.0 Å². The summed E-state index contributed by atoms with van der Waals surface area (Å²) >= 11 is 5.97. The Morgan fingerprint density at radius 1 is 1.08 bits per heavy atom. The molecular weight excluding hydrogens is 350 g/mol. The van der Waals surface area contributed by atoms with Crippen LogP contribution in [0.5, 0.6) is 0 Å². The Labute approximate surface area is 158 Å². The van der Waals surface area contributed by atoms with Crippen molar-refractivity contribution in [3.8, 4) is 0 Å².